The van der Waals surface area contributed by atoms with Crippen LogP contribution in [0.2, 0.25) is 0 Å². The molecule has 0 aromatic heterocycles. The Balaban J connectivity index is 1.72. The first-order valence-corrected chi connectivity index (χ1v) is 9.69. The Morgan fingerprint density at radius 1 is 1.07 bits per heavy atom. The smallest absolute Gasteiger partial charge is 0.252 e. The third-order valence-corrected chi connectivity index (χ3v) is 4.88. The topological polar surface area (TPSA) is 77.1 Å². The predicted octanol–water partition coefficient (Wildman–Crippen LogP) is 3.28. The van der Waals surface area contributed by atoms with Gasteiger partial charge in [-0.1, -0.05) is 12.1 Å². The number of carbonyl (C=O) groups is 2. The third kappa shape index (κ3) is 4.99. The SMILES string of the molecule is COCC(=O)N1CCCc2ccc(NC(=O)/C=C/c3ccc(OC)c(OC)c3)cc21. The molecule has 1 aliphatic heterocycles. The molecule has 1 aliphatic rings. The zero-order valence-electron chi connectivity index (χ0n) is 17.4. The average molecular weight is 410 g/mol. The van der Waals surface area contributed by atoms with Crippen molar-refractivity contribution >= 4 is 29.3 Å². The van der Waals surface area contributed by atoms with E-state index in [2.05, 4.69) is 5.32 Å². The fourth-order valence-corrected chi connectivity index (χ4v) is 3.43. The Kier molecular flexibility index (Phi) is 7.08. The Hall–Kier alpha value is -3.32. The molecule has 0 atom stereocenters. The van der Waals surface area contributed by atoms with Crippen molar-refractivity contribution in [3.8, 4) is 11.5 Å². The monoisotopic (exact) mass is 410 g/mol. The third-order valence-electron chi connectivity index (χ3n) is 4.88. The first kappa shape index (κ1) is 21.4. The summed E-state index contributed by atoms with van der Waals surface area (Å²) in [4.78, 5) is 26.4. The second kappa shape index (κ2) is 9.93. The summed E-state index contributed by atoms with van der Waals surface area (Å²) in [5.41, 5.74) is 3.35. The van der Waals surface area contributed by atoms with Crippen molar-refractivity contribution in [2.24, 2.45) is 0 Å². The lowest BCUT2D eigenvalue weighted by atomic mass is 10.0. The number of methoxy groups -OCH3 is 3. The molecule has 0 spiro atoms. The fraction of sp³-hybridized carbons (Fsp3) is 0.304. The summed E-state index contributed by atoms with van der Waals surface area (Å²) >= 11 is 0. The second-order valence-corrected chi connectivity index (χ2v) is 6.86. The summed E-state index contributed by atoms with van der Waals surface area (Å²) in [5, 5.41) is 2.85. The van der Waals surface area contributed by atoms with Crippen molar-refractivity contribution in [2.45, 2.75) is 12.8 Å². The number of hydrogen-bond donors (Lipinski definition) is 1. The highest BCUT2D eigenvalue weighted by atomic mass is 16.5. The average Bonchev–Trinajstić information content (AvgIpc) is 2.77. The van der Waals surface area contributed by atoms with E-state index in [1.54, 1.807) is 37.3 Å². The molecule has 0 bridgehead atoms. The van der Waals surface area contributed by atoms with E-state index in [1.165, 1.54) is 13.2 Å². The van der Waals surface area contributed by atoms with E-state index in [0.717, 1.165) is 29.7 Å². The molecule has 0 radical (unpaired) electrons. The number of nitrogens with zero attached hydrogens (tertiary/aromatic N) is 1. The van der Waals surface area contributed by atoms with Crippen LogP contribution in [-0.2, 0) is 20.7 Å². The minimum Gasteiger partial charge on any atom is -0.493 e. The van der Waals surface area contributed by atoms with E-state index in [1.807, 2.05) is 24.3 Å². The molecule has 2 aromatic rings. The maximum atomic E-state index is 12.4. The van der Waals surface area contributed by atoms with Crippen LogP contribution in [0.15, 0.2) is 42.5 Å². The summed E-state index contributed by atoms with van der Waals surface area (Å²) in [6, 6.07) is 11.1. The molecule has 0 saturated carbocycles. The van der Waals surface area contributed by atoms with E-state index in [-0.39, 0.29) is 18.4 Å². The molecule has 158 valence electrons. The molecule has 0 unspecified atom stereocenters. The maximum absolute atomic E-state index is 12.4. The number of nitrogens with one attached hydrogen (secondary N) is 1. The van der Waals surface area contributed by atoms with Crippen molar-refractivity contribution in [3.05, 3.63) is 53.6 Å². The molecule has 0 fully saturated rings. The van der Waals surface area contributed by atoms with Gasteiger partial charge in [0.05, 0.1) is 14.2 Å². The number of rotatable bonds is 7. The molecular formula is C23H26N2O5. The van der Waals surface area contributed by atoms with Gasteiger partial charge in [-0.15, -0.1) is 0 Å². The highest BCUT2D eigenvalue weighted by Gasteiger charge is 2.22. The molecule has 2 amide bonds. The number of ether oxygens (including phenoxy) is 3. The summed E-state index contributed by atoms with van der Waals surface area (Å²) in [5.74, 6) is 0.863. The van der Waals surface area contributed by atoms with Gasteiger partial charge in [-0.25, -0.2) is 0 Å². The Morgan fingerprint density at radius 3 is 2.60 bits per heavy atom. The van der Waals surface area contributed by atoms with E-state index in [4.69, 9.17) is 14.2 Å². The number of aryl methyl sites for hydroxylation is 1. The largest absolute Gasteiger partial charge is 0.493 e. The number of anilines is 2. The fourth-order valence-electron chi connectivity index (χ4n) is 3.43. The summed E-state index contributed by atoms with van der Waals surface area (Å²) < 4.78 is 15.5. The van der Waals surface area contributed by atoms with Gasteiger partial charge in [-0.05, 0) is 54.3 Å². The minimum absolute atomic E-state index is 0.0318. The zero-order chi connectivity index (χ0) is 21.5. The van der Waals surface area contributed by atoms with Gasteiger partial charge in [0.25, 0.3) is 5.91 Å². The molecule has 0 saturated heterocycles. The lowest BCUT2D eigenvalue weighted by Gasteiger charge is -2.29. The van der Waals surface area contributed by atoms with E-state index in [9.17, 15) is 9.59 Å². The Bertz CT molecular complexity index is 955. The van der Waals surface area contributed by atoms with Gasteiger partial charge in [0.1, 0.15) is 6.61 Å². The molecular weight excluding hydrogens is 384 g/mol. The molecule has 1 heterocycles. The first-order chi connectivity index (χ1) is 14.5. The second-order valence-electron chi connectivity index (χ2n) is 6.86. The molecule has 30 heavy (non-hydrogen) atoms. The summed E-state index contributed by atoms with van der Waals surface area (Å²) in [6.07, 6.45) is 4.96. The summed E-state index contributed by atoms with van der Waals surface area (Å²) in [6.45, 7) is 0.676. The van der Waals surface area contributed by atoms with Crippen molar-refractivity contribution in [1.29, 1.82) is 0 Å². The van der Waals surface area contributed by atoms with Crippen LogP contribution >= 0.6 is 0 Å². The molecule has 3 rings (SSSR count). The van der Waals surface area contributed by atoms with Crippen molar-refractivity contribution in [1.82, 2.24) is 0 Å². The van der Waals surface area contributed by atoms with E-state index in [0.29, 0.717) is 23.7 Å². The van der Waals surface area contributed by atoms with Gasteiger partial charge in [0.2, 0.25) is 5.91 Å². The molecule has 2 aromatic carbocycles. The van der Waals surface area contributed by atoms with Gasteiger partial charge in [0, 0.05) is 31.1 Å². The molecule has 7 nitrogen and oxygen atoms in total. The number of fused-ring (bicyclic) bond motifs is 1. The van der Waals surface area contributed by atoms with Crippen LogP contribution in [0.1, 0.15) is 17.5 Å². The summed E-state index contributed by atoms with van der Waals surface area (Å²) in [7, 11) is 4.64. The lowest BCUT2D eigenvalue weighted by molar-refractivity contribution is -0.122. The van der Waals surface area contributed by atoms with Gasteiger partial charge >= 0.3 is 0 Å². The van der Waals surface area contributed by atoms with Crippen LogP contribution in [0, 0.1) is 0 Å². The van der Waals surface area contributed by atoms with Gasteiger partial charge < -0.3 is 24.4 Å². The molecule has 0 aliphatic carbocycles. The maximum Gasteiger partial charge on any atom is 0.252 e. The Labute approximate surface area is 176 Å². The number of carbonyl (C=O) groups excluding carboxylic acids is 2. The van der Waals surface area contributed by atoms with E-state index < -0.39 is 0 Å². The van der Waals surface area contributed by atoms with Gasteiger partial charge in [0.15, 0.2) is 11.5 Å². The van der Waals surface area contributed by atoms with Crippen LogP contribution in [0.5, 0.6) is 11.5 Å². The number of amides is 2. The van der Waals surface area contributed by atoms with Gasteiger partial charge in [-0.2, -0.15) is 0 Å². The molecule has 7 heteroatoms. The molecule has 1 N–H and O–H groups in total. The zero-order valence-corrected chi connectivity index (χ0v) is 17.4. The highest BCUT2D eigenvalue weighted by molar-refractivity contribution is 6.03. The quantitative estimate of drug-likeness (QED) is 0.709. The van der Waals surface area contributed by atoms with Crippen LogP contribution in [0.3, 0.4) is 0 Å². The predicted molar refractivity (Wildman–Crippen MR) is 116 cm³/mol. The lowest BCUT2D eigenvalue weighted by Crippen LogP contribution is -2.37. The minimum atomic E-state index is -0.268. The first-order valence-electron chi connectivity index (χ1n) is 9.69. The number of benzene rings is 2. The normalized spacial score (nSPS) is 13.1. The van der Waals surface area contributed by atoms with Crippen molar-refractivity contribution in [3.63, 3.8) is 0 Å². The van der Waals surface area contributed by atoms with Crippen LogP contribution in [0.25, 0.3) is 6.08 Å². The van der Waals surface area contributed by atoms with Crippen LogP contribution in [0.4, 0.5) is 11.4 Å². The van der Waals surface area contributed by atoms with Crippen LogP contribution in [-0.4, -0.2) is 46.3 Å². The Morgan fingerprint density at radius 2 is 1.87 bits per heavy atom. The van der Waals surface area contributed by atoms with Crippen molar-refractivity contribution in [2.75, 3.05) is 44.7 Å². The van der Waals surface area contributed by atoms with E-state index >= 15 is 0 Å². The number of hydrogen-bond acceptors (Lipinski definition) is 5. The standard InChI is InChI=1S/C23H26N2O5/c1-28-15-23(27)25-12-4-5-17-8-9-18(14-19(17)25)24-22(26)11-7-16-6-10-20(29-2)21(13-16)30-3/h6-11,13-14H,4-5,12,15H2,1-3H3,(H,24,26)/b11-7+. The van der Waals surface area contributed by atoms with Crippen LogP contribution < -0.4 is 19.7 Å². The van der Waals surface area contributed by atoms with Crippen molar-refractivity contribution < 1.29 is 23.8 Å². The highest BCUT2D eigenvalue weighted by Crippen LogP contribution is 2.30. The van der Waals surface area contributed by atoms with Gasteiger partial charge in [-0.3, -0.25) is 9.59 Å².